The molecule has 0 amide bonds. The summed E-state index contributed by atoms with van der Waals surface area (Å²) in [4.78, 5) is 0.305. The van der Waals surface area contributed by atoms with E-state index in [9.17, 15) is 8.42 Å². The lowest BCUT2D eigenvalue weighted by Crippen LogP contribution is -2.38. The molecule has 0 saturated carbocycles. The fourth-order valence-electron chi connectivity index (χ4n) is 2.21. The Morgan fingerprint density at radius 2 is 1.75 bits per heavy atom. The van der Waals surface area contributed by atoms with Crippen LogP contribution in [0.15, 0.2) is 9.31 Å². The minimum Gasteiger partial charge on any atom is -0.465 e. The predicted molar refractivity (Wildman–Crippen MR) is 80.2 cm³/mol. The number of aryl methyl sites for hydroxylation is 2. The van der Waals surface area contributed by atoms with Gasteiger partial charge in [0.25, 0.3) is 0 Å². The molecular formula is C14H26N2O3S. The highest BCUT2D eigenvalue weighted by Crippen LogP contribution is 2.30. The molecule has 0 aliphatic heterocycles. The lowest BCUT2D eigenvalue weighted by molar-refractivity contribution is 0.315. The molecule has 0 radical (unpaired) electrons. The van der Waals surface area contributed by atoms with Crippen LogP contribution >= 0.6 is 0 Å². The summed E-state index contributed by atoms with van der Waals surface area (Å²) in [5.74, 6) is 1.35. The Labute approximate surface area is 122 Å². The first kappa shape index (κ1) is 17.2. The molecule has 116 valence electrons. The first-order chi connectivity index (χ1) is 9.14. The number of hydrogen-bond acceptors (Lipinski definition) is 4. The van der Waals surface area contributed by atoms with Gasteiger partial charge < -0.3 is 9.73 Å². The lowest BCUT2D eigenvalue weighted by Gasteiger charge is -2.27. The number of furan rings is 1. The van der Waals surface area contributed by atoms with E-state index in [1.165, 1.54) is 4.31 Å². The maximum atomic E-state index is 12.8. The molecule has 0 aliphatic rings. The van der Waals surface area contributed by atoms with Crippen molar-refractivity contribution in [3.63, 3.8) is 0 Å². The zero-order valence-electron chi connectivity index (χ0n) is 13.4. The average Bonchev–Trinajstić information content (AvgIpc) is 2.63. The van der Waals surface area contributed by atoms with Gasteiger partial charge in [-0.2, -0.15) is 4.31 Å². The van der Waals surface area contributed by atoms with Crippen molar-refractivity contribution in [1.82, 2.24) is 9.62 Å². The molecule has 0 spiro atoms. The monoisotopic (exact) mass is 302 g/mol. The molecule has 6 heteroatoms. The lowest BCUT2D eigenvalue weighted by atomic mass is 10.1. The summed E-state index contributed by atoms with van der Waals surface area (Å²) in [6.07, 6.45) is 0. The van der Waals surface area contributed by atoms with Crippen LogP contribution in [0.3, 0.4) is 0 Å². The number of rotatable bonds is 6. The first-order valence-electron chi connectivity index (χ1n) is 6.86. The normalized spacial score (nSPS) is 14.2. The summed E-state index contributed by atoms with van der Waals surface area (Å²) in [5.41, 5.74) is 0.716. The van der Waals surface area contributed by atoms with Crippen LogP contribution < -0.4 is 5.32 Å². The molecule has 5 nitrogen and oxygen atoms in total. The van der Waals surface area contributed by atoms with Crippen LogP contribution in [0.2, 0.25) is 0 Å². The SMILES string of the molecule is CNCc1c(C)oc(C)c1S(=O)(=O)N(C)C(C)C(C)C. The number of sulfonamides is 1. The van der Waals surface area contributed by atoms with Gasteiger partial charge in [0.1, 0.15) is 16.4 Å². The van der Waals surface area contributed by atoms with Crippen molar-refractivity contribution in [2.24, 2.45) is 5.92 Å². The Bertz CT molecular complexity index is 561. The van der Waals surface area contributed by atoms with E-state index < -0.39 is 10.0 Å². The largest absolute Gasteiger partial charge is 0.465 e. The highest BCUT2D eigenvalue weighted by Gasteiger charge is 2.33. The summed E-state index contributed by atoms with van der Waals surface area (Å²) in [6, 6.07) is -0.0722. The van der Waals surface area contributed by atoms with Crippen molar-refractivity contribution < 1.29 is 12.8 Å². The zero-order valence-corrected chi connectivity index (χ0v) is 14.3. The maximum absolute atomic E-state index is 12.8. The second-order valence-corrected chi connectivity index (χ2v) is 7.49. The average molecular weight is 302 g/mol. The highest BCUT2D eigenvalue weighted by atomic mass is 32.2. The number of nitrogens with one attached hydrogen (secondary N) is 1. The van der Waals surface area contributed by atoms with Gasteiger partial charge in [0.05, 0.1) is 0 Å². The van der Waals surface area contributed by atoms with Crippen molar-refractivity contribution in [1.29, 1.82) is 0 Å². The molecule has 1 atom stereocenters. The van der Waals surface area contributed by atoms with E-state index in [1.807, 2.05) is 20.8 Å². The van der Waals surface area contributed by atoms with Crippen LogP contribution in [0.4, 0.5) is 0 Å². The summed E-state index contributed by atoms with van der Waals surface area (Å²) in [6.45, 7) is 9.92. The molecule has 1 N–H and O–H groups in total. The van der Waals surface area contributed by atoms with Crippen LogP contribution in [0.5, 0.6) is 0 Å². The van der Waals surface area contributed by atoms with Gasteiger partial charge in [-0.25, -0.2) is 8.42 Å². The quantitative estimate of drug-likeness (QED) is 0.875. The van der Waals surface area contributed by atoms with E-state index in [4.69, 9.17) is 4.42 Å². The smallest absolute Gasteiger partial charge is 0.246 e. The molecule has 1 aromatic heterocycles. The molecular weight excluding hydrogens is 276 g/mol. The van der Waals surface area contributed by atoms with Crippen LogP contribution in [0.1, 0.15) is 37.9 Å². The van der Waals surface area contributed by atoms with Gasteiger partial charge in [-0.3, -0.25) is 0 Å². The van der Waals surface area contributed by atoms with Gasteiger partial charge >= 0.3 is 0 Å². The molecule has 0 aliphatic carbocycles. The van der Waals surface area contributed by atoms with Crippen molar-refractivity contribution in [3.05, 3.63) is 17.1 Å². The summed E-state index contributed by atoms with van der Waals surface area (Å²) >= 11 is 0. The number of nitrogens with zero attached hydrogens (tertiary/aromatic N) is 1. The first-order valence-corrected chi connectivity index (χ1v) is 8.30. The fourth-order valence-corrected chi connectivity index (χ4v) is 4.11. The van der Waals surface area contributed by atoms with Gasteiger partial charge in [-0.15, -0.1) is 0 Å². The second kappa shape index (κ2) is 6.28. The van der Waals surface area contributed by atoms with Gasteiger partial charge in [0.15, 0.2) is 0 Å². The van der Waals surface area contributed by atoms with E-state index in [1.54, 1.807) is 27.9 Å². The summed E-state index contributed by atoms with van der Waals surface area (Å²) < 4.78 is 32.7. The molecule has 0 saturated heterocycles. The van der Waals surface area contributed by atoms with Gasteiger partial charge in [0, 0.05) is 25.2 Å². The van der Waals surface area contributed by atoms with Crippen LogP contribution in [0, 0.1) is 19.8 Å². The van der Waals surface area contributed by atoms with Crippen molar-refractivity contribution in [2.45, 2.75) is 52.1 Å². The van der Waals surface area contributed by atoms with Gasteiger partial charge in [-0.1, -0.05) is 13.8 Å². The standard InChI is InChI=1S/C14H26N2O3S/c1-9(2)10(3)16(7)20(17,18)14-12(5)19-11(4)13(14)8-15-6/h9-10,15H,8H2,1-7H3. The maximum Gasteiger partial charge on any atom is 0.246 e. The van der Waals surface area contributed by atoms with E-state index in [0.29, 0.717) is 28.5 Å². The predicted octanol–water partition coefficient (Wildman–Crippen LogP) is 2.28. The third kappa shape index (κ3) is 3.07. The molecule has 1 heterocycles. The zero-order chi connectivity index (χ0) is 15.7. The van der Waals surface area contributed by atoms with E-state index in [2.05, 4.69) is 5.32 Å². The Kier molecular flexibility index (Phi) is 5.40. The Balaban J connectivity index is 3.35. The van der Waals surface area contributed by atoms with Crippen molar-refractivity contribution in [3.8, 4) is 0 Å². The number of hydrogen-bond donors (Lipinski definition) is 1. The summed E-state index contributed by atoms with van der Waals surface area (Å²) in [5, 5.41) is 3.00. The second-order valence-electron chi connectivity index (χ2n) is 5.56. The van der Waals surface area contributed by atoms with Crippen LogP contribution in [-0.2, 0) is 16.6 Å². The molecule has 1 rings (SSSR count). The van der Waals surface area contributed by atoms with Crippen molar-refractivity contribution >= 4 is 10.0 Å². The van der Waals surface area contributed by atoms with Crippen molar-refractivity contribution in [2.75, 3.05) is 14.1 Å². The Hall–Kier alpha value is -0.850. The molecule has 0 bridgehead atoms. The third-order valence-corrected chi connectivity index (χ3v) is 5.99. The van der Waals surface area contributed by atoms with E-state index >= 15 is 0 Å². The molecule has 1 aromatic rings. The van der Waals surface area contributed by atoms with Crippen LogP contribution in [-0.4, -0.2) is 32.9 Å². The van der Waals surface area contributed by atoms with Gasteiger partial charge in [0.2, 0.25) is 10.0 Å². The topological polar surface area (TPSA) is 62.6 Å². The third-order valence-electron chi connectivity index (χ3n) is 3.85. The van der Waals surface area contributed by atoms with E-state index in [-0.39, 0.29) is 12.0 Å². The minimum absolute atomic E-state index is 0.0722. The molecule has 0 aromatic carbocycles. The molecule has 20 heavy (non-hydrogen) atoms. The Morgan fingerprint density at radius 1 is 1.20 bits per heavy atom. The fraction of sp³-hybridized carbons (Fsp3) is 0.714. The molecule has 0 fully saturated rings. The van der Waals surface area contributed by atoms with Gasteiger partial charge in [-0.05, 0) is 33.7 Å². The van der Waals surface area contributed by atoms with Crippen LogP contribution in [0.25, 0.3) is 0 Å². The Morgan fingerprint density at radius 3 is 2.20 bits per heavy atom. The molecule has 1 unspecified atom stereocenters. The minimum atomic E-state index is -3.55. The summed E-state index contributed by atoms with van der Waals surface area (Å²) in [7, 11) is -0.126. The van der Waals surface area contributed by atoms with E-state index in [0.717, 1.165) is 0 Å². The highest BCUT2D eigenvalue weighted by molar-refractivity contribution is 7.89.